The lowest BCUT2D eigenvalue weighted by molar-refractivity contribution is -0.108. The predicted octanol–water partition coefficient (Wildman–Crippen LogP) is 0.0407. The van der Waals surface area contributed by atoms with Gasteiger partial charge in [-0.05, 0) is 6.07 Å². The Bertz CT molecular complexity index is 452. The zero-order valence-electron chi connectivity index (χ0n) is 8.60. The van der Waals surface area contributed by atoms with Gasteiger partial charge in [-0.1, -0.05) is 18.2 Å². The molecule has 1 aromatic rings. The minimum atomic E-state index is -0.579. The molecule has 0 saturated heterocycles. The van der Waals surface area contributed by atoms with Crippen LogP contribution in [-0.4, -0.2) is 23.2 Å². The highest BCUT2D eigenvalue weighted by molar-refractivity contribution is 6.49. The Morgan fingerprint density at radius 3 is 2.62 bits per heavy atom. The third kappa shape index (κ3) is 2.68. The van der Waals surface area contributed by atoms with Gasteiger partial charge in [0, 0.05) is 23.0 Å². The normalized spacial score (nSPS) is 11.2. The number of rotatable bonds is 4. The summed E-state index contributed by atoms with van der Waals surface area (Å²) in [5.41, 5.74) is 11.4. The molecule has 0 aromatic heterocycles. The van der Waals surface area contributed by atoms with E-state index in [-0.39, 0.29) is 11.4 Å². The van der Waals surface area contributed by atoms with Crippen LogP contribution in [0.4, 0.5) is 5.69 Å². The second kappa shape index (κ2) is 5.09. The number of nitrogens with two attached hydrogens (primary N) is 2. The van der Waals surface area contributed by atoms with Crippen LogP contribution in [0.15, 0.2) is 36.0 Å². The molecule has 1 rings (SSSR count). The van der Waals surface area contributed by atoms with E-state index in [0.29, 0.717) is 11.3 Å². The minimum absolute atomic E-state index is 0.0178. The van der Waals surface area contributed by atoms with E-state index in [1.165, 1.54) is 0 Å². The van der Waals surface area contributed by atoms with Crippen molar-refractivity contribution in [2.75, 3.05) is 12.3 Å². The molecule has 0 aliphatic carbocycles. The molecule has 0 fully saturated rings. The number of hydrogen-bond donors (Lipinski definition) is 4. The Kier molecular flexibility index (Phi) is 3.79. The fourth-order valence-corrected chi connectivity index (χ4v) is 1.14. The van der Waals surface area contributed by atoms with Crippen LogP contribution < -0.4 is 11.5 Å². The molecule has 0 bridgehead atoms. The standard InChI is InChI=1S/C11H13N3O2/c12-7(6-15)5-10(16)11(14)8-3-1-2-4-9(8)13/h1-5,14-15H,6,12-13H2/b7-5-,14-11?. The Morgan fingerprint density at radius 2 is 2.06 bits per heavy atom. The van der Waals surface area contributed by atoms with Crippen molar-refractivity contribution < 1.29 is 9.90 Å². The predicted molar refractivity (Wildman–Crippen MR) is 62.0 cm³/mol. The van der Waals surface area contributed by atoms with Crippen LogP contribution in [0.5, 0.6) is 0 Å². The average Bonchev–Trinajstić information content (AvgIpc) is 2.28. The summed E-state index contributed by atoms with van der Waals surface area (Å²) < 4.78 is 0. The first-order chi connectivity index (χ1) is 7.56. The Labute approximate surface area is 92.9 Å². The molecule has 0 radical (unpaired) electrons. The van der Waals surface area contributed by atoms with Crippen LogP contribution in [0, 0.1) is 5.41 Å². The summed E-state index contributed by atoms with van der Waals surface area (Å²) in [5.74, 6) is -0.579. The highest BCUT2D eigenvalue weighted by atomic mass is 16.3. The highest BCUT2D eigenvalue weighted by Gasteiger charge is 2.12. The zero-order chi connectivity index (χ0) is 12.1. The average molecular weight is 219 g/mol. The number of aliphatic hydroxyl groups is 1. The number of nitrogen functional groups attached to an aromatic ring is 1. The third-order valence-corrected chi connectivity index (χ3v) is 1.98. The number of carbonyl (C=O) groups excluding carboxylic acids is 1. The Hall–Kier alpha value is -2.14. The molecule has 1 aromatic carbocycles. The number of nitrogens with one attached hydrogen (secondary N) is 1. The van der Waals surface area contributed by atoms with Crippen LogP contribution >= 0.6 is 0 Å². The quantitative estimate of drug-likeness (QED) is 0.325. The summed E-state index contributed by atoms with van der Waals surface area (Å²) in [6.07, 6.45) is 1.02. The van der Waals surface area contributed by atoms with Gasteiger partial charge in [0.05, 0.1) is 6.61 Å². The van der Waals surface area contributed by atoms with E-state index in [1.54, 1.807) is 24.3 Å². The summed E-state index contributed by atoms with van der Waals surface area (Å²) >= 11 is 0. The second-order valence-corrected chi connectivity index (χ2v) is 3.20. The van der Waals surface area contributed by atoms with E-state index < -0.39 is 12.4 Å². The number of aliphatic hydroxyl groups excluding tert-OH is 1. The first kappa shape index (κ1) is 11.9. The molecule has 0 saturated carbocycles. The van der Waals surface area contributed by atoms with Gasteiger partial charge in [0.15, 0.2) is 0 Å². The molecule has 0 atom stereocenters. The third-order valence-electron chi connectivity index (χ3n) is 1.98. The van der Waals surface area contributed by atoms with Crippen molar-refractivity contribution in [1.29, 1.82) is 5.41 Å². The Morgan fingerprint density at radius 1 is 1.44 bits per heavy atom. The first-order valence-electron chi connectivity index (χ1n) is 4.61. The van der Waals surface area contributed by atoms with E-state index >= 15 is 0 Å². The van der Waals surface area contributed by atoms with Gasteiger partial charge in [-0.2, -0.15) is 0 Å². The fraction of sp³-hybridized carbons (Fsp3) is 0.0909. The molecular weight excluding hydrogens is 206 g/mol. The molecule has 6 N–H and O–H groups in total. The van der Waals surface area contributed by atoms with E-state index in [0.717, 1.165) is 6.08 Å². The molecule has 0 aliphatic heterocycles. The van der Waals surface area contributed by atoms with E-state index in [9.17, 15) is 4.79 Å². The molecule has 0 heterocycles. The number of carbonyl (C=O) groups is 1. The topological polar surface area (TPSA) is 113 Å². The van der Waals surface area contributed by atoms with Gasteiger partial charge in [0.1, 0.15) is 5.71 Å². The van der Waals surface area contributed by atoms with Gasteiger partial charge in [0.25, 0.3) is 0 Å². The summed E-state index contributed by atoms with van der Waals surface area (Å²) in [5, 5.41) is 16.3. The van der Waals surface area contributed by atoms with E-state index in [2.05, 4.69) is 0 Å². The van der Waals surface area contributed by atoms with Crippen molar-refractivity contribution in [3.05, 3.63) is 41.6 Å². The fourth-order valence-electron chi connectivity index (χ4n) is 1.14. The molecule has 0 aliphatic rings. The number of ketones is 1. The monoisotopic (exact) mass is 219 g/mol. The molecule has 84 valence electrons. The lowest BCUT2D eigenvalue weighted by Crippen LogP contribution is -2.16. The summed E-state index contributed by atoms with van der Waals surface area (Å²) in [4.78, 5) is 11.5. The molecule has 0 unspecified atom stereocenters. The number of hydrogen-bond acceptors (Lipinski definition) is 5. The van der Waals surface area contributed by atoms with Gasteiger partial charge < -0.3 is 16.6 Å². The van der Waals surface area contributed by atoms with Gasteiger partial charge in [-0.3, -0.25) is 10.2 Å². The van der Waals surface area contributed by atoms with Crippen LogP contribution in [0.25, 0.3) is 0 Å². The van der Waals surface area contributed by atoms with Crippen molar-refractivity contribution in [2.45, 2.75) is 0 Å². The molecule has 0 spiro atoms. The van der Waals surface area contributed by atoms with Gasteiger partial charge in [0.2, 0.25) is 5.78 Å². The van der Waals surface area contributed by atoms with Crippen molar-refractivity contribution in [3.8, 4) is 0 Å². The second-order valence-electron chi connectivity index (χ2n) is 3.20. The zero-order valence-corrected chi connectivity index (χ0v) is 8.60. The largest absolute Gasteiger partial charge is 0.400 e. The first-order valence-corrected chi connectivity index (χ1v) is 4.61. The van der Waals surface area contributed by atoms with Crippen molar-refractivity contribution >= 4 is 17.2 Å². The maximum Gasteiger partial charge on any atom is 0.205 e. The van der Waals surface area contributed by atoms with Crippen molar-refractivity contribution in [2.24, 2.45) is 5.73 Å². The number of allylic oxidation sites excluding steroid dienone is 1. The molecule has 5 nitrogen and oxygen atoms in total. The molecule has 5 heteroatoms. The Balaban J connectivity index is 2.96. The molecular formula is C11H13N3O2. The van der Waals surface area contributed by atoms with Crippen LogP contribution in [0.1, 0.15) is 5.56 Å². The van der Waals surface area contributed by atoms with Crippen LogP contribution in [0.2, 0.25) is 0 Å². The molecule has 16 heavy (non-hydrogen) atoms. The number of para-hydroxylation sites is 1. The van der Waals surface area contributed by atoms with Crippen LogP contribution in [0.3, 0.4) is 0 Å². The SMILES string of the molecule is N=C(C(=O)/C=C(\N)CO)c1ccccc1N. The van der Waals surface area contributed by atoms with Crippen LogP contribution in [-0.2, 0) is 4.79 Å². The lowest BCUT2D eigenvalue weighted by Gasteiger charge is -2.04. The summed E-state index contributed by atoms with van der Waals surface area (Å²) in [7, 11) is 0. The van der Waals surface area contributed by atoms with Gasteiger partial charge in [-0.25, -0.2) is 0 Å². The number of anilines is 1. The summed E-state index contributed by atoms with van der Waals surface area (Å²) in [6, 6.07) is 6.59. The maximum atomic E-state index is 11.5. The van der Waals surface area contributed by atoms with Crippen molar-refractivity contribution in [3.63, 3.8) is 0 Å². The highest BCUT2D eigenvalue weighted by Crippen LogP contribution is 2.11. The molecule has 0 amide bonds. The smallest absolute Gasteiger partial charge is 0.205 e. The lowest BCUT2D eigenvalue weighted by atomic mass is 10.0. The summed E-state index contributed by atoms with van der Waals surface area (Å²) in [6.45, 7) is -0.413. The van der Waals surface area contributed by atoms with E-state index in [1.807, 2.05) is 0 Å². The minimum Gasteiger partial charge on any atom is -0.400 e. The van der Waals surface area contributed by atoms with E-state index in [4.69, 9.17) is 22.0 Å². The van der Waals surface area contributed by atoms with Crippen molar-refractivity contribution in [1.82, 2.24) is 0 Å². The maximum absolute atomic E-state index is 11.5. The van der Waals surface area contributed by atoms with Gasteiger partial charge >= 0.3 is 0 Å². The number of benzene rings is 1. The van der Waals surface area contributed by atoms with Gasteiger partial charge in [-0.15, -0.1) is 0 Å².